The number of amides is 2. The van der Waals surface area contributed by atoms with Gasteiger partial charge in [-0.3, -0.25) is 14.4 Å². The molecule has 2 heterocycles. The van der Waals surface area contributed by atoms with E-state index in [9.17, 15) is 14.4 Å². The van der Waals surface area contributed by atoms with Crippen LogP contribution in [0.15, 0.2) is 24.3 Å². The highest BCUT2D eigenvalue weighted by Gasteiger charge is 2.31. The number of aryl methyl sites for hydroxylation is 1. The number of carbonyl (C=O) groups is 3. The minimum atomic E-state index is -0.264. The van der Waals surface area contributed by atoms with Gasteiger partial charge in [0.15, 0.2) is 0 Å². The second kappa shape index (κ2) is 8.34. The molecule has 1 atom stereocenters. The summed E-state index contributed by atoms with van der Waals surface area (Å²) in [5, 5.41) is 0. The number of carbonyl (C=O) groups excluding carboxylic acids is 3. The van der Waals surface area contributed by atoms with Crippen LogP contribution in [-0.2, 0) is 25.5 Å². The van der Waals surface area contributed by atoms with Crippen molar-refractivity contribution in [3.63, 3.8) is 0 Å². The number of anilines is 1. The molecule has 3 rings (SSSR count). The normalized spacial score (nSPS) is 20.3. The van der Waals surface area contributed by atoms with Gasteiger partial charge in [-0.05, 0) is 44.2 Å². The van der Waals surface area contributed by atoms with E-state index in [4.69, 9.17) is 4.74 Å². The molecule has 0 bridgehead atoms. The Morgan fingerprint density at radius 3 is 2.81 bits per heavy atom. The van der Waals surface area contributed by atoms with E-state index in [1.165, 1.54) is 0 Å². The molecule has 0 aromatic heterocycles. The van der Waals surface area contributed by atoms with Gasteiger partial charge in [-0.25, -0.2) is 0 Å². The van der Waals surface area contributed by atoms with E-state index < -0.39 is 0 Å². The van der Waals surface area contributed by atoms with Gasteiger partial charge in [0, 0.05) is 25.2 Å². The maximum atomic E-state index is 12.8. The average Bonchev–Trinajstić information content (AvgIpc) is 2.81. The number of likely N-dealkylation sites (tertiary alicyclic amines) is 1. The van der Waals surface area contributed by atoms with E-state index in [1.807, 2.05) is 24.3 Å². The Balaban J connectivity index is 1.70. The largest absolute Gasteiger partial charge is 0.466 e. The standard InChI is InChI=1S/C20H26N2O4/c1-2-26-20(25)16-9-6-12-21(13-16)19(24)14-22-17-10-4-3-7-15(17)8-5-11-18(22)23/h3-4,7,10,16H,2,5-6,8-9,11-14H2,1H3/t16-/m1/s1. The number of benzene rings is 1. The summed E-state index contributed by atoms with van der Waals surface area (Å²) in [7, 11) is 0. The van der Waals surface area contributed by atoms with Crippen LogP contribution in [0.5, 0.6) is 0 Å². The third kappa shape index (κ3) is 4.06. The van der Waals surface area contributed by atoms with E-state index >= 15 is 0 Å². The first-order valence-electron chi connectivity index (χ1n) is 9.42. The van der Waals surface area contributed by atoms with Crippen molar-refractivity contribution in [2.45, 2.75) is 39.0 Å². The lowest BCUT2D eigenvalue weighted by molar-refractivity contribution is -0.151. The number of rotatable bonds is 4. The number of nitrogens with zero attached hydrogens (tertiary/aromatic N) is 2. The zero-order valence-electron chi connectivity index (χ0n) is 15.3. The number of hydrogen-bond donors (Lipinski definition) is 0. The third-order valence-corrected chi connectivity index (χ3v) is 5.11. The number of hydrogen-bond acceptors (Lipinski definition) is 4. The molecular weight excluding hydrogens is 332 g/mol. The first-order chi connectivity index (χ1) is 12.6. The van der Waals surface area contributed by atoms with Gasteiger partial charge in [0.25, 0.3) is 0 Å². The quantitative estimate of drug-likeness (QED) is 0.774. The lowest BCUT2D eigenvalue weighted by Crippen LogP contribution is -2.48. The lowest BCUT2D eigenvalue weighted by Gasteiger charge is -2.33. The molecule has 140 valence electrons. The summed E-state index contributed by atoms with van der Waals surface area (Å²) in [5.74, 6) is -0.618. The van der Waals surface area contributed by atoms with Crippen molar-refractivity contribution in [3.8, 4) is 0 Å². The molecule has 2 aliphatic rings. The van der Waals surface area contributed by atoms with Crippen molar-refractivity contribution in [3.05, 3.63) is 29.8 Å². The van der Waals surface area contributed by atoms with Crippen molar-refractivity contribution in [2.75, 3.05) is 31.1 Å². The van der Waals surface area contributed by atoms with Crippen LogP contribution >= 0.6 is 0 Å². The minimum absolute atomic E-state index is 0.0118. The van der Waals surface area contributed by atoms with Crippen LogP contribution in [-0.4, -0.2) is 48.9 Å². The zero-order valence-corrected chi connectivity index (χ0v) is 15.3. The summed E-state index contributed by atoms with van der Waals surface area (Å²) >= 11 is 0. The molecule has 26 heavy (non-hydrogen) atoms. The first-order valence-corrected chi connectivity index (χ1v) is 9.42. The summed E-state index contributed by atoms with van der Waals surface area (Å²) in [6, 6.07) is 7.78. The van der Waals surface area contributed by atoms with E-state index in [1.54, 1.807) is 16.7 Å². The van der Waals surface area contributed by atoms with E-state index in [0.717, 1.165) is 36.9 Å². The van der Waals surface area contributed by atoms with Gasteiger partial charge >= 0.3 is 5.97 Å². The molecule has 6 heteroatoms. The Morgan fingerprint density at radius 2 is 2.00 bits per heavy atom. The highest BCUT2D eigenvalue weighted by molar-refractivity contribution is 6.00. The molecule has 0 N–H and O–H groups in total. The molecule has 2 amide bonds. The van der Waals surface area contributed by atoms with Gasteiger partial charge < -0.3 is 14.5 Å². The van der Waals surface area contributed by atoms with Crippen LogP contribution in [0.3, 0.4) is 0 Å². The average molecular weight is 358 g/mol. The monoisotopic (exact) mass is 358 g/mol. The van der Waals surface area contributed by atoms with Crippen molar-refractivity contribution < 1.29 is 19.1 Å². The van der Waals surface area contributed by atoms with Crippen molar-refractivity contribution >= 4 is 23.5 Å². The van der Waals surface area contributed by atoms with Gasteiger partial charge in [-0.1, -0.05) is 18.2 Å². The Hall–Kier alpha value is -2.37. The fraction of sp³-hybridized carbons (Fsp3) is 0.550. The van der Waals surface area contributed by atoms with Crippen molar-refractivity contribution in [1.29, 1.82) is 0 Å². The smallest absolute Gasteiger partial charge is 0.310 e. The van der Waals surface area contributed by atoms with Crippen LogP contribution in [0.25, 0.3) is 0 Å². The van der Waals surface area contributed by atoms with Crippen LogP contribution in [0, 0.1) is 5.92 Å². The van der Waals surface area contributed by atoms with Crippen molar-refractivity contribution in [1.82, 2.24) is 4.90 Å². The SMILES string of the molecule is CCOC(=O)[C@@H]1CCCN(C(=O)CN2C(=O)CCCc3ccccc32)C1. The minimum Gasteiger partial charge on any atom is -0.466 e. The molecule has 2 aliphatic heterocycles. The van der Waals surface area contributed by atoms with Gasteiger partial charge in [-0.15, -0.1) is 0 Å². The Labute approximate surface area is 154 Å². The zero-order chi connectivity index (χ0) is 18.5. The maximum absolute atomic E-state index is 12.8. The molecular formula is C20H26N2O4. The Bertz CT molecular complexity index is 688. The molecule has 1 aromatic rings. The molecule has 0 aliphatic carbocycles. The molecule has 1 aromatic carbocycles. The van der Waals surface area contributed by atoms with Crippen LogP contribution in [0.1, 0.15) is 38.2 Å². The van der Waals surface area contributed by atoms with Gasteiger partial charge in [0.2, 0.25) is 11.8 Å². The van der Waals surface area contributed by atoms with Crippen LogP contribution in [0.2, 0.25) is 0 Å². The first kappa shape index (κ1) is 18.4. The number of esters is 1. The van der Waals surface area contributed by atoms with Crippen molar-refractivity contribution in [2.24, 2.45) is 5.92 Å². The van der Waals surface area contributed by atoms with Gasteiger partial charge in [0.05, 0.1) is 12.5 Å². The summed E-state index contributed by atoms with van der Waals surface area (Å²) in [4.78, 5) is 40.7. The summed E-state index contributed by atoms with van der Waals surface area (Å²) < 4.78 is 5.10. The van der Waals surface area contributed by atoms with Gasteiger partial charge in [-0.2, -0.15) is 0 Å². The van der Waals surface area contributed by atoms with E-state index in [-0.39, 0.29) is 30.2 Å². The summed E-state index contributed by atoms with van der Waals surface area (Å²) in [6.07, 6.45) is 3.62. The fourth-order valence-corrected chi connectivity index (χ4v) is 3.75. The maximum Gasteiger partial charge on any atom is 0.310 e. The summed E-state index contributed by atoms with van der Waals surface area (Å²) in [5.41, 5.74) is 1.94. The third-order valence-electron chi connectivity index (χ3n) is 5.11. The highest BCUT2D eigenvalue weighted by Crippen LogP contribution is 2.27. The fourth-order valence-electron chi connectivity index (χ4n) is 3.75. The molecule has 0 radical (unpaired) electrons. The molecule has 1 saturated heterocycles. The predicted molar refractivity (Wildman–Crippen MR) is 97.7 cm³/mol. The molecule has 6 nitrogen and oxygen atoms in total. The van der Waals surface area contributed by atoms with Crippen LogP contribution < -0.4 is 4.90 Å². The molecule has 0 unspecified atom stereocenters. The number of fused-ring (bicyclic) bond motifs is 1. The summed E-state index contributed by atoms with van der Waals surface area (Å²) in [6.45, 7) is 3.17. The Kier molecular flexibility index (Phi) is 5.91. The second-order valence-electron chi connectivity index (χ2n) is 6.89. The number of para-hydroxylation sites is 1. The predicted octanol–water partition coefficient (Wildman–Crippen LogP) is 2.16. The van der Waals surface area contributed by atoms with E-state index in [0.29, 0.717) is 26.1 Å². The molecule has 0 spiro atoms. The lowest BCUT2D eigenvalue weighted by atomic mass is 9.98. The number of ether oxygens (including phenoxy) is 1. The number of piperidine rings is 1. The van der Waals surface area contributed by atoms with Crippen LogP contribution in [0.4, 0.5) is 5.69 Å². The Morgan fingerprint density at radius 1 is 1.19 bits per heavy atom. The van der Waals surface area contributed by atoms with E-state index in [2.05, 4.69) is 0 Å². The second-order valence-corrected chi connectivity index (χ2v) is 6.89. The van der Waals surface area contributed by atoms with Gasteiger partial charge in [0.1, 0.15) is 6.54 Å². The topological polar surface area (TPSA) is 66.9 Å². The highest BCUT2D eigenvalue weighted by atomic mass is 16.5. The molecule has 0 saturated carbocycles. The molecule has 1 fully saturated rings.